The fourth-order valence-corrected chi connectivity index (χ4v) is 2.28. The number of fused-ring (bicyclic) bond motifs is 1. The predicted molar refractivity (Wildman–Crippen MR) is 65.3 cm³/mol. The topological polar surface area (TPSA) is 3.24 Å². The molecule has 0 spiro atoms. The third-order valence-electron chi connectivity index (χ3n) is 3.14. The van der Waals surface area contributed by atoms with Gasteiger partial charge in [0.15, 0.2) is 0 Å². The van der Waals surface area contributed by atoms with Gasteiger partial charge in [0.25, 0.3) is 0 Å². The van der Waals surface area contributed by atoms with Crippen molar-refractivity contribution in [1.82, 2.24) is 4.90 Å². The summed E-state index contributed by atoms with van der Waals surface area (Å²) < 4.78 is 0. The van der Waals surface area contributed by atoms with Crippen LogP contribution in [0.1, 0.15) is 11.1 Å². The Morgan fingerprint density at radius 3 is 2.47 bits per heavy atom. The summed E-state index contributed by atoms with van der Waals surface area (Å²) in [5.74, 6) is 0. The summed E-state index contributed by atoms with van der Waals surface area (Å²) in [6.07, 6.45) is 4.33. The van der Waals surface area contributed by atoms with Gasteiger partial charge in [-0.25, -0.2) is 0 Å². The van der Waals surface area contributed by atoms with Gasteiger partial charge in [-0.15, -0.1) is 0 Å². The Balaban J connectivity index is 2.00. The largest absolute Gasteiger partial charge is 0.299 e. The van der Waals surface area contributed by atoms with Gasteiger partial charge in [-0.2, -0.15) is 0 Å². The number of halogens is 1. The van der Waals surface area contributed by atoms with Crippen LogP contribution in [0, 0.1) is 0 Å². The monoisotopic (exact) mass is 221 g/mol. The first-order valence-electron chi connectivity index (χ1n) is 5.33. The van der Waals surface area contributed by atoms with Gasteiger partial charge >= 0.3 is 0 Å². The van der Waals surface area contributed by atoms with Crippen molar-refractivity contribution in [2.24, 2.45) is 0 Å². The fourth-order valence-electron chi connectivity index (χ4n) is 2.20. The van der Waals surface area contributed by atoms with Crippen LogP contribution in [0.5, 0.6) is 0 Å². The molecule has 15 heavy (non-hydrogen) atoms. The molecular weight excluding hydrogens is 206 g/mol. The van der Waals surface area contributed by atoms with Gasteiger partial charge in [-0.3, -0.25) is 4.90 Å². The number of rotatable bonds is 3. The van der Waals surface area contributed by atoms with Crippen LogP contribution in [0.15, 0.2) is 35.9 Å². The second-order valence-corrected chi connectivity index (χ2v) is 4.38. The molecule has 1 aromatic carbocycles. The maximum Gasteiger partial charge on any atom is 0.0176 e. The summed E-state index contributed by atoms with van der Waals surface area (Å²) in [6.45, 7) is 0.933. The van der Waals surface area contributed by atoms with E-state index in [1.54, 1.807) is 5.54 Å². The molecule has 0 heterocycles. The average molecular weight is 222 g/mol. The Morgan fingerprint density at radius 2 is 1.93 bits per heavy atom. The number of hydrogen-bond acceptors (Lipinski definition) is 1. The number of hydrogen-bond donors (Lipinski definition) is 0. The van der Waals surface area contributed by atoms with E-state index in [0.717, 1.165) is 6.54 Å². The third-order valence-corrected chi connectivity index (χ3v) is 3.31. The highest BCUT2D eigenvalue weighted by Gasteiger charge is 2.23. The van der Waals surface area contributed by atoms with Gasteiger partial charge in [-0.05, 0) is 31.0 Å². The quantitative estimate of drug-likeness (QED) is 0.759. The molecule has 0 saturated carbocycles. The Morgan fingerprint density at radius 1 is 1.33 bits per heavy atom. The maximum absolute atomic E-state index is 5.53. The van der Waals surface area contributed by atoms with Crippen molar-refractivity contribution in [3.05, 3.63) is 47.0 Å². The van der Waals surface area contributed by atoms with Crippen LogP contribution < -0.4 is 0 Å². The standard InChI is InChI=1S/C13H16ClN/c1-15(8-4-7-14)13-9-11-5-2-3-6-12(11)10-13/h2-7,13H,8-10H2,1H3/b7-4-. The van der Waals surface area contributed by atoms with Crippen molar-refractivity contribution in [2.45, 2.75) is 18.9 Å². The molecule has 0 atom stereocenters. The number of nitrogens with zero attached hydrogens (tertiary/aromatic N) is 1. The first kappa shape index (κ1) is 10.7. The summed E-state index contributed by atoms with van der Waals surface area (Å²) in [7, 11) is 2.16. The first-order chi connectivity index (χ1) is 7.31. The molecule has 0 radical (unpaired) electrons. The summed E-state index contributed by atoms with van der Waals surface area (Å²) >= 11 is 5.53. The Hall–Kier alpha value is -0.790. The lowest BCUT2D eigenvalue weighted by atomic mass is 10.1. The zero-order valence-electron chi connectivity index (χ0n) is 8.99. The van der Waals surface area contributed by atoms with Gasteiger partial charge in [0.1, 0.15) is 0 Å². The Kier molecular flexibility index (Phi) is 3.45. The third kappa shape index (κ3) is 2.42. The molecule has 2 heteroatoms. The molecule has 1 aromatic rings. The van der Waals surface area contributed by atoms with Crippen molar-refractivity contribution < 1.29 is 0 Å². The summed E-state index contributed by atoms with van der Waals surface area (Å²) in [5.41, 5.74) is 4.60. The normalized spacial score (nSPS) is 16.5. The second-order valence-electron chi connectivity index (χ2n) is 4.13. The summed E-state index contributed by atoms with van der Waals surface area (Å²) in [6, 6.07) is 9.36. The highest BCUT2D eigenvalue weighted by atomic mass is 35.5. The SMILES string of the molecule is CN(C/C=C\Cl)C1Cc2ccccc2C1. The van der Waals surface area contributed by atoms with Gasteiger partial charge in [0.05, 0.1) is 0 Å². The van der Waals surface area contributed by atoms with Crippen molar-refractivity contribution in [3.63, 3.8) is 0 Å². The van der Waals surface area contributed by atoms with Crippen molar-refractivity contribution in [3.8, 4) is 0 Å². The minimum atomic E-state index is 0.635. The molecule has 80 valence electrons. The van der Waals surface area contributed by atoms with E-state index in [-0.39, 0.29) is 0 Å². The highest BCUT2D eigenvalue weighted by Crippen LogP contribution is 2.24. The molecule has 0 aliphatic heterocycles. The average Bonchev–Trinajstić information content (AvgIpc) is 2.69. The summed E-state index contributed by atoms with van der Waals surface area (Å²) in [4.78, 5) is 2.36. The molecule has 0 amide bonds. The summed E-state index contributed by atoms with van der Waals surface area (Å²) in [5, 5.41) is 0. The Bertz CT molecular complexity index is 334. The molecule has 0 aromatic heterocycles. The van der Waals surface area contributed by atoms with Crippen LogP contribution in [0.25, 0.3) is 0 Å². The number of benzene rings is 1. The molecule has 1 aliphatic rings. The fraction of sp³-hybridized carbons (Fsp3) is 0.385. The number of likely N-dealkylation sites (N-methyl/N-ethyl adjacent to an activating group) is 1. The van der Waals surface area contributed by atoms with Crippen LogP contribution in [-0.4, -0.2) is 24.5 Å². The minimum absolute atomic E-state index is 0.635. The van der Waals surface area contributed by atoms with E-state index in [1.807, 2.05) is 6.08 Å². The van der Waals surface area contributed by atoms with Gasteiger partial charge in [-0.1, -0.05) is 41.9 Å². The van der Waals surface area contributed by atoms with E-state index in [9.17, 15) is 0 Å². The molecule has 0 fully saturated rings. The predicted octanol–water partition coefficient (Wildman–Crippen LogP) is 2.84. The molecule has 2 rings (SSSR count). The van der Waals surface area contributed by atoms with Crippen LogP contribution in [0.4, 0.5) is 0 Å². The lowest BCUT2D eigenvalue weighted by Crippen LogP contribution is -2.32. The Labute approximate surface area is 96.4 Å². The smallest absolute Gasteiger partial charge is 0.0176 e. The van der Waals surface area contributed by atoms with Crippen molar-refractivity contribution in [1.29, 1.82) is 0 Å². The van der Waals surface area contributed by atoms with Gasteiger partial charge in [0, 0.05) is 18.1 Å². The van der Waals surface area contributed by atoms with Gasteiger partial charge < -0.3 is 0 Å². The maximum atomic E-state index is 5.53. The molecular formula is C13H16ClN. The molecule has 0 N–H and O–H groups in total. The van der Waals surface area contributed by atoms with E-state index >= 15 is 0 Å². The van der Waals surface area contributed by atoms with E-state index in [0.29, 0.717) is 6.04 Å². The van der Waals surface area contributed by atoms with E-state index in [1.165, 1.54) is 24.0 Å². The van der Waals surface area contributed by atoms with Gasteiger partial charge in [0.2, 0.25) is 0 Å². The van der Waals surface area contributed by atoms with Crippen LogP contribution >= 0.6 is 11.6 Å². The van der Waals surface area contributed by atoms with E-state index in [4.69, 9.17) is 11.6 Å². The molecule has 1 nitrogen and oxygen atoms in total. The minimum Gasteiger partial charge on any atom is -0.299 e. The molecule has 1 aliphatic carbocycles. The van der Waals surface area contributed by atoms with Crippen molar-refractivity contribution in [2.75, 3.05) is 13.6 Å². The highest BCUT2D eigenvalue weighted by molar-refractivity contribution is 6.25. The van der Waals surface area contributed by atoms with Crippen LogP contribution in [-0.2, 0) is 12.8 Å². The molecule has 0 saturated heterocycles. The van der Waals surface area contributed by atoms with Crippen LogP contribution in [0.3, 0.4) is 0 Å². The van der Waals surface area contributed by atoms with Crippen molar-refractivity contribution >= 4 is 11.6 Å². The lowest BCUT2D eigenvalue weighted by Gasteiger charge is -2.22. The van der Waals surface area contributed by atoms with Crippen LogP contribution in [0.2, 0.25) is 0 Å². The first-order valence-corrected chi connectivity index (χ1v) is 5.77. The molecule has 0 unspecified atom stereocenters. The lowest BCUT2D eigenvalue weighted by molar-refractivity contribution is 0.275. The molecule has 0 bridgehead atoms. The zero-order valence-corrected chi connectivity index (χ0v) is 9.74. The second kappa shape index (κ2) is 4.82. The van der Waals surface area contributed by atoms with E-state index in [2.05, 4.69) is 36.2 Å². The zero-order chi connectivity index (χ0) is 10.7. The van der Waals surface area contributed by atoms with E-state index < -0.39 is 0 Å².